The summed E-state index contributed by atoms with van der Waals surface area (Å²) in [7, 11) is 1.84. The van der Waals surface area contributed by atoms with Gasteiger partial charge in [0.1, 0.15) is 5.69 Å². The Balaban J connectivity index is 1.28. The molecule has 212 valence electrons. The number of hydrogen-bond donors (Lipinski definition) is 1. The molecule has 0 radical (unpaired) electrons. The maximum Gasteiger partial charge on any atom is 0.277 e. The molecule has 0 fully saturated rings. The van der Waals surface area contributed by atoms with E-state index in [4.69, 9.17) is 5.26 Å². The van der Waals surface area contributed by atoms with Gasteiger partial charge in [0.15, 0.2) is 0 Å². The van der Waals surface area contributed by atoms with E-state index >= 15 is 0 Å². The summed E-state index contributed by atoms with van der Waals surface area (Å²) in [5, 5.41) is 16.2. The van der Waals surface area contributed by atoms with Crippen LogP contribution < -0.4 is 10.2 Å². The molecule has 9 heteroatoms. The number of fused-ring (bicyclic) bond motifs is 1. The molecule has 1 aromatic heterocycles. The van der Waals surface area contributed by atoms with E-state index in [1.165, 1.54) is 17.3 Å². The molecule has 1 N–H and O–H groups in total. The molecule has 0 aliphatic carbocycles. The summed E-state index contributed by atoms with van der Waals surface area (Å²) in [5.74, 6) is -0.615. The number of rotatable bonds is 9. The van der Waals surface area contributed by atoms with Crippen molar-refractivity contribution in [1.82, 2.24) is 14.7 Å². The molecular weight excluding hydrogens is 528 g/mol. The number of nitrogens with zero attached hydrogens (tertiary/aromatic N) is 5. The lowest BCUT2D eigenvalue weighted by Crippen LogP contribution is -2.41. The second kappa shape index (κ2) is 12.5. The molecule has 0 unspecified atom stereocenters. The van der Waals surface area contributed by atoms with Crippen molar-refractivity contribution in [3.05, 3.63) is 113 Å². The first kappa shape index (κ1) is 28.3. The van der Waals surface area contributed by atoms with Crippen LogP contribution >= 0.6 is 0 Å². The Labute approximate surface area is 245 Å². The van der Waals surface area contributed by atoms with E-state index in [1.807, 2.05) is 50.4 Å². The van der Waals surface area contributed by atoms with Gasteiger partial charge in [0, 0.05) is 37.9 Å². The van der Waals surface area contributed by atoms with Crippen molar-refractivity contribution >= 4 is 29.1 Å². The molecule has 2 heterocycles. The van der Waals surface area contributed by atoms with Gasteiger partial charge in [-0.1, -0.05) is 49.4 Å². The Kier molecular flexibility index (Phi) is 8.44. The van der Waals surface area contributed by atoms with E-state index in [-0.39, 0.29) is 23.1 Å². The highest BCUT2D eigenvalue weighted by Crippen LogP contribution is 2.25. The average Bonchev–Trinajstić information content (AvgIpc) is 3.46. The van der Waals surface area contributed by atoms with Gasteiger partial charge in [-0.2, -0.15) is 10.4 Å². The number of nitrogens with one attached hydrogen (secondary N) is 1. The van der Waals surface area contributed by atoms with Crippen LogP contribution in [0, 0.1) is 11.3 Å². The zero-order chi connectivity index (χ0) is 29.6. The number of benzene rings is 3. The Hall–Kier alpha value is -5.23. The number of hydrogen-bond acceptors (Lipinski definition) is 5. The third-order valence-corrected chi connectivity index (χ3v) is 7.52. The van der Waals surface area contributed by atoms with Crippen molar-refractivity contribution in [2.24, 2.45) is 0 Å². The molecule has 5 rings (SSSR count). The third-order valence-electron chi connectivity index (χ3n) is 7.52. The topological polar surface area (TPSA) is 111 Å². The molecular formula is C33H32N6O3. The van der Waals surface area contributed by atoms with Gasteiger partial charge in [-0.25, -0.2) is 0 Å². The lowest BCUT2D eigenvalue weighted by Gasteiger charge is -2.28. The van der Waals surface area contributed by atoms with Crippen LogP contribution in [0.2, 0.25) is 0 Å². The summed E-state index contributed by atoms with van der Waals surface area (Å²) >= 11 is 0. The van der Waals surface area contributed by atoms with Gasteiger partial charge in [0.25, 0.3) is 11.8 Å². The maximum absolute atomic E-state index is 13.6. The number of anilines is 2. The third kappa shape index (κ3) is 6.08. The second-order valence-electron chi connectivity index (χ2n) is 10.3. The smallest absolute Gasteiger partial charge is 0.277 e. The Morgan fingerprint density at radius 1 is 1.02 bits per heavy atom. The molecule has 42 heavy (non-hydrogen) atoms. The minimum Gasteiger partial charge on any atom is -0.345 e. The van der Waals surface area contributed by atoms with Crippen LogP contribution in [0.5, 0.6) is 0 Å². The summed E-state index contributed by atoms with van der Waals surface area (Å²) in [6, 6.07) is 24.8. The number of amides is 3. The molecule has 0 saturated heterocycles. The van der Waals surface area contributed by atoms with Gasteiger partial charge < -0.3 is 15.1 Å². The van der Waals surface area contributed by atoms with Gasteiger partial charge in [0.2, 0.25) is 5.91 Å². The van der Waals surface area contributed by atoms with Crippen molar-refractivity contribution in [2.75, 3.05) is 30.4 Å². The fourth-order valence-electron chi connectivity index (χ4n) is 5.15. The molecule has 0 bridgehead atoms. The fourth-order valence-corrected chi connectivity index (χ4v) is 5.15. The molecule has 0 spiro atoms. The molecule has 3 amide bonds. The van der Waals surface area contributed by atoms with Crippen LogP contribution in [-0.2, 0) is 24.2 Å². The number of aromatic nitrogens is 2. The zero-order valence-corrected chi connectivity index (χ0v) is 23.7. The highest BCUT2D eigenvalue weighted by molar-refractivity contribution is 6.15. The molecule has 1 aliphatic rings. The summed E-state index contributed by atoms with van der Waals surface area (Å²) < 4.78 is 1.57. The average molecular weight is 561 g/mol. The van der Waals surface area contributed by atoms with Crippen molar-refractivity contribution in [3.63, 3.8) is 0 Å². The Morgan fingerprint density at radius 3 is 2.52 bits per heavy atom. The first-order chi connectivity index (χ1) is 20.4. The van der Waals surface area contributed by atoms with E-state index in [0.29, 0.717) is 37.3 Å². The lowest BCUT2D eigenvalue weighted by molar-refractivity contribution is -0.129. The molecule has 1 aliphatic heterocycles. The number of carbonyl (C=O) groups excluding carboxylic acids is 3. The van der Waals surface area contributed by atoms with Gasteiger partial charge in [-0.3, -0.25) is 19.1 Å². The van der Waals surface area contributed by atoms with Gasteiger partial charge in [-0.05, 0) is 59.9 Å². The largest absolute Gasteiger partial charge is 0.345 e. The highest BCUT2D eigenvalue weighted by Gasteiger charge is 2.32. The highest BCUT2D eigenvalue weighted by atomic mass is 16.2. The van der Waals surface area contributed by atoms with E-state index in [0.717, 1.165) is 24.1 Å². The number of nitriles is 1. The van der Waals surface area contributed by atoms with Crippen LogP contribution in [0.1, 0.15) is 56.4 Å². The van der Waals surface area contributed by atoms with Gasteiger partial charge >= 0.3 is 0 Å². The summed E-state index contributed by atoms with van der Waals surface area (Å²) in [6.45, 7) is 3.44. The predicted octanol–water partition coefficient (Wildman–Crippen LogP) is 4.67. The minimum atomic E-state index is -0.458. The van der Waals surface area contributed by atoms with E-state index in [1.54, 1.807) is 38.7 Å². The summed E-state index contributed by atoms with van der Waals surface area (Å²) in [4.78, 5) is 42.1. The van der Waals surface area contributed by atoms with Crippen LogP contribution in [0.4, 0.5) is 11.4 Å². The van der Waals surface area contributed by atoms with Crippen LogP contribution in [0.3, 0.4) is 0 Å². The van der Waals surface area contributed by atoms with Crippen molar-refractivity contribution < 1.29 is 14.4 Å². The first-order valence-corrected chi connectivity index (χ1v) is 14.0. The van der Waals surface area contributed by atoms with Gasteiger partial charge in [-0.15, -0.1) is 0 Å². The number of likely N-dealkylation sites (N-methyl/N-ethyl adjacent to an activating group) is 1. The predicted molar refractivity (Wildman–Crippen MR) is 160 cm³/mol. The first-order valence-electron chi connectivity index (χ1n) is 14.0. The zero-order valence-electron chi connectivity index (χ0n) is 23.7. The molecule has 4 aromatic rings. The molecule has 0 atom stereocenters. The van der Waals surface area contributed by atoms with Crippen LogP contribution in [-0.4, -0.2) is 52.5 Å². The lowest BCUT2D eigenvalue weighted by atomic mass is 9.97. The van der Waals surface area contributed by atoms with Crippen molar-refractivity contribution in [3.8, 4) is 6.07 Å². The van der Waals surface area contributed by atoms with Crippen molar-refractivity contribution in [1.29, 1.82) is 5.26 Å². The molecule has 3 aromatic carbocycles. The van der Waals surface area contributed by atoms with Crippen molar-refractivity contribution in [2.45, 2.75) is 32.7 Å². The fraction of sp³-hybridized carbons (Fsp3) is 0.242. The second-order valence-corrected chi connectivity index (χ2v) is 10.3. The quantitative estimate of drug-likeness (QED) is 0.320. The molecule has 0 saturated carbocycles. The molecule has 9 nitrogen and oxygen atoms in total. The van der Waals surface area contributed by atoms with E-state index in [2.05, 4.69) is 28.6 Å². The summed E-state index contributed by atoms with van der Waals surface area (Å²) in [6.07, 6.45) is 3.43. The van der Waals surface area contributed by atoms with E-state index in [9.17, 15) is 14.4 Å². The minimum absolute atomic E-state index is 0.136. The maximum atomic E-state index is 13.6. The SMILES string of the molecule is CCC(=O)N(C)CCc1ccccc1Cc1ccc(N2CCn3ncc(C(=O)Nc4cccc(C#N)c4)c3C2=O)cc1. The summed E-state index contributed by atoms with van der Waals surface area (Å²) in [5.41, 5.74) is 5.59. The standard InChI is InChI=1S/C33H32N6O3/c1-3-30(40)37(2)16-15-25-8-4-5-9-26(25)19-23-11-13-28(14-12-23)38-17-18-39-31(33(38)42)29(22-35-39)32(41)36-27-10-6-7-24(20-27)21-34/h4-14,20,22H,3,15-19H2,1-2H3,(H,36,41). The Bertz CT molecular complexity index is 1670. The normalized spacial score (nSPS) is 12.4. The van der Waals surface area contributed by atoms with Crippen LogP contribution in [0.15, 0.2) is 79.0 Å². The number of carbonyl (C=O) groups is 3. The van der Waals surface area contributed by atoms with Crippen LogP contribution in [0.25, 0.3) is 0 Å². The van der Waals surface area contributed by atoms with E-state index < -0.39 is 5.91 Å². The van der Waals surface area contributed by atoms with Gasteiger partial charge in [0.05, 0.1) is 29.9 Å². The monoisotopic (exact) mass is 560 g/mol. The Morgan fingerprint density at radius 2 is 1.79 bits per heavy atom.